The first-order valence-corrected chi connectivity index (χ1v) is 25.8. The Labute approximate surface area is 481 Å². The molecular weight excluding hydrogens is 1180 g/mol. The van der Waals surface area contributed by atoms with E-state index in [0.717, 1.165) is 63.3 Å². The minimum atomic E-state index is -1.61. The molecule has 3 aliphatic rings. The highest BCUT2D eigenvalue weighted by Crippen LogP contribution is 2.37. The molecule has 432 valence electrons. The highest BCUT2D eigenvalue weighted by atomic mass is 79.9. The summed E-state index contributed by atoms with van der Waals surface area (Å²) >= 11 is 9.33. The van der Waals surface area contributed by atoms with Crippen LogP contribution in [0.2, 0.25) is 5.02 Å². The van der Waals surface area contributed by atoms with Crippen LogP contribution in [-0.4, -0.2) is 130 Å². The number of nitrogens with one attached hydrogen (secondary N) is 2. The van der Waals surface area contributed by atoms with E-state index in [4.69, 9.17) is 37.5 Å². The van der Waals surface area contributed by atoms with Crippen molar-refractivity contribution in [1.29, 1.82) is 0 Å². The van der Waals surface area contributed by atoms with Gasteiger partial charge in [0.05, 0.1) is 58.8 Å². The van der Waals surface area contributed by atoms with Crippen molar-refractivity contribution < 1.29 is 74.7 Å². The van der Waals surface area contributed by atoms with Crippen molar-refractivity contribution in [2.45, 2.75) is 51.4 Å². The number of hydrogen-bond acceptors (Lipinski definition) is 12. The number of carboxylic acid groups (broad SMARTS) is 2. The van der Waals surface area contributed by atoms with Gasteiger partial charge in [-0.05, 0) is 80.4 Å². The number of benzene rings is 5. The Morgan fingerprint density at radius 3 is 1.77 bits per heavy atom. The van der Waals surface area contributed by atoms with Crippen molar-refractivity contribution in [3.05, 3.63) is 163 Å². The number of anilines is 2. The van der Waals surface area contributed by atoms with E-state index >= 15 is 8.78 Å². The molecule has 5 aromatic carbocycles. The van der Waals surface area contributed by atoms with Crippen LogP contribution in [-0.2, 0) is 30.2 Å². The van der Waals surface area contributed by atoms with Crippen molar-refractivity contribution in [3.8, 4) is 11.1 Å². The molecule has 0 bridgehead atoms. The highest BCUT2D eigenvalue weighted by Gasteiger charge is 2.29. The highest BCUT2D eigenvalue weighted by molar-refractivity contribution is 9.10. The van der Waals surface area contributed by atoms with Crippen LogP contribution < -0.4 is 20.4 Å². The molecule has 0 saturated carbocycles. The third-order valence-corrected chi connectivity index (χ3v) is 13.4. The predicted octanol–water partition coefficient (Wildman–Crippen LogP) is 10.9. The first-order valence-electron chi connectivity index (χ1n) is 24.7. The SMILES string of the molecule is CC1COCCN1.CC1COCCN1c1cc(F)c(C(=O)O)c(F)c1.COC(=O)c1c(F)cc(Br)cc1F.Cl.[C-]#[N+]c1ccc(-c2ccc(C[C@H](NC(=O)c3c(F)cc(N4CCOCC4C)cc3F)C(=O)O)c3cccnc23)c(Cl)c1. The third kappa shape index (κ3) is 16.8. The Morgan fingerprint density at radius 1 is 0.778 bits per heavy atom. The molecule has 3 aliphatic heterocycles. The number of carboxylic acids is 2. The molecular formula is C56H55BrCl2F6N6O10. The number of ether oxygens (including phenoxy) is 4. The maximum absolute atomic E-state index is 15.1. The molecule has 4 N–H and O–H groups in total. The molecule has 3 fully saturated rings. The summed E-state index contributed by atoms with van der Waals surface area (Å²) in [4.78, 5) is 58.2. The largest absolute Gasteiger partial charge is 0.480 e. The minimum absolute atomic E-state index is 0. The Morgan fingerprint density at radius 2 is 1.31 bits per heavy atom. The number of hydrogen-bond donors (Lipinski definition) is 4. The first-order chi connectivity index (χ1) is 38.1. The number of aromatic carboxylic acids is 1. The molecule has 3 unspecified atom stereocenters. The van der Waals surface area contributed by atoms with E-state index in [0.29, 0.717) is 89.5 Å². The van der Waals surface area contributed by atoms with Crippen molar-refractivity contribution >= 4 is 91.7 Å². The Balaban J connectivity index is 0.000000250. The number of aromatic nitrogens is 1. The van der Waals surface area contributed by atoms with Crippen molar-refractivity contribution in [2.75, 3.05) is 76.2 Å². The molecule has 1 amide bonds. The number of aliphatic carboxylic acids is 1. The van der Waals surface area contributed by atoms with E-state index in [9.17, 15) is 41.8 Å². The minimum Gasteiger partial charge on any atom is -0.480 e. The van der Waals surface area contributed by atoms with E-state index < -0.39 is 81.5 Å². The van der Waals surface area contributed by atoms with Gasteiger partial charge < -0.3 is 49.6 Å². The van der Waals surface area contributed by atoms with E-state index in [1.165, 1.54) is 0 Å². The number of carbonyl (C=O) groups is 4. The van der Waals surface area contributed by atoms with Gasteiger partial charge in [0.25, 0.3) is 5.91 Å². The number of fused-ring (bicyclic) bond motifs is 1. The van der Waals surface area contributed by atoms with E-state index in [1.54, 1.807) is 58.5 Å². The van der Waals surface area contributed by atoms with Gasteiger partial charge in [-0.1, -0.05) is 57.9 Å². The van der Waals surface area contributed by atoms with Crippen LogP contribution in [0.1, 0.15) is 57.4 Å². The summed E-state index contributed by atoms with van der Waals surface area (Å²) in [5.41, 5.74) is 0.940. The average Bonchev–Trinajstić information content (AvgIpc) is 3.53. The number of halogens is 9. The lowest BCUT2D eigenvalue weighted by Gasteiger charge is -2.35. The molecule has 1 aromatic heterocycles. The zero-order valence-electron chi connectivity index (χ0n) is 43.8. The number of esters is 1. The molecule has 0 aliphatic carbocycles. The summed E-state index contributed by atoms with van der Waals surface area (Å²) in [6, 6.07) is 17.0. The molecule has 16 nitrogen and oxygen atoms in total. The second-order valence-corrected chi connectivity index (χ2v) is 19.6. The number of pyridine rings is 1. The van der Waals surface area contributed by atoms with Gasteiger partial charge in [-0.25, -0.2) is 45.6 Å². The molecule has 9 rings (SSSR count). The average molecular weight is 1240 g/mol. The van der Waals surface area contributed by atoms with Crippen LogP contribution in [0, 0.1) is 41.5 Å². The third-order valence-electron chi connectivity index (χ3n) is 12.7. The van der Waals surface area contributed by atoms with Crippen molar-refractivity contribution in [2.24, 2.45) is 0 Å². The number of methoxy groups -OCH3 is 1. The zero-order chi connectivity index (χ0) is 58.4. The zero-order valence-corrected chi connectivity index (χ0v) is 47.0. The van der Waals surface area contributed by atoms with Crippen molar-refractivity contribution in [1.82, 2.24) is 15.6 Å². The van der Waals surface area contributed by atoms with Crippen LogP contribution in [0.5, 0.6) is 0 Å². The van der Waals surface area contributed by atoms with Crippen LogP contribution in [0.15, 0.2) is 89.5 Å². The van der Waals surface area contributed by atoms with Crippen LogP contribution in [0.25, 0.3) is 26.9 Å². The van der Waals surface area contributed by atoms with Crippen LogP contribution >= 0.6 is 39.9 Å². The lowest BCUT2D eigenvalue weighted by molar-refractivity contribution is -0.139. The van der Waals surface area contributed by atoms with E-state index in [1.807, 2.05) is 13.8 Å². The Hall–Kier alpha value is -7.04. The normalized spacial score (nSPS) is 17.0. The number of nitrogens with zero attached hydrogens (tertiary/aromatic N) is 4. The van der Waals surface area contributed by atoms with Gasteiger partial charge in [0.1, 0.15) is 57.6 Å². The summed E-state index contributed by atoms with van der Waals surface area (Å²) in [5.74, 6) is -11.4. The van der Waals surface area contributed by atoms with Gasteiger partial charge in [-0.15, -0.1) is 12.4 Å². The number of amides is 1. The van der Waals surface area contributed by atoms with Gasteiger partial charge in [-0.2, -0.15) is 0 Å². The Bertz CT molecular complexity index is 3220. The maximum Gasteiger partial charge on any atom is 0.343 e. The van der Waals surface area contributed by atoms with Gasteiger partial charge in [0, 0.05) is 82.2 Å². The molecule has 0 radical (unpaired) electrons. The number of morpholine rings is 3. The molecule has 25 heteroatoms. The lowest BCUT2D eigenvalue weighted by Crippen LogP contribution is -2.44. The smallest absolute Gasteiger partial charge is 0.343 e. The first kappa shape index (κ1) is 64.8. The molecule has 4 heterocycles. The van der Waals surface area contributed by atoms with Gasteiger partial charge in [0.15, 0.2) is 5.69 Å². The van der Waals surface area contributed by atoms with Gasteiger partial charge in [0.2, 0.25) is 0 Å². The molecule has 4 atom stereocenters. The number of rotatable bonds is 10. The molecule has 3 saturated heterocycles. The fourth-order valence-corrected chi connectivity index (χ4v) is 9.38. The monoisotopic (exact) mass is 1230 g/mol. The summed E-state index contributed by atoms with van der Waals surface area (Å²) < 4.78 is 103. The maximum atomic E-state index is 15.1. The van der Waals surface area contributed by atoms with Crippen molar-refractivity contribution in [3.63, 3.8) is 0 Å². The van der Waals surface area contributed by atoms with Gasteiger partial charge in [-0.3, -0.25) is 9.78 Å². The molecule has 81 heavy (non-hydrogen) atoms. The van der Waals surface area contributed by atoms with E-state index in [2.05, 4.69) is 48.1 Å². The van der Waals surface area contributed by atoms with Crippen LogP contribution in [0.4, 0.5) is 43.4 Å². The standard InChI is InChI=1S/C31H25ClF2N4O4.C12H13F2NO3.C8H5BrF2O2.C5H11NO.ClH/c1-17-16-42-11-10-38(17)20-14-25(33)28(26(34)15-20)30(39)37-27(31(40)41)12-18-5-7-23(29-21(18)4-3-9-36-29)22-8-6-19(35-2)13-24(22)32;1-7-6-18-3-2-15(7)8-4-9(13)11(12(16)17)10(14)5-8;1-13-8(12)7-5(10)2-4(9)3-6(7)11;1-5-4-7-3-2-6-5;/h3-9,13-15,17,27H,10-12,16H2,1H3,(H,37,39)(H,40,41);4-5,7H,2-3,6H2,1H3,(H,16,17);2-3H,1H3;5-6H,2-4H2,1H3;1H/t17?,27-;;;;/m0..../s1. The number of carbonyl (C=O) groups excluding carboxylic acids is 2. The fraction of sp³-hybridized carbons (Fsp3) is 0.321. The summed E-state index contributed by atoms with van der Waals surface area (Å²) in [6.07, 6.45) is 1.40. The lowest BCUT2D eigenvalue weighted by atomic mass is 9.95. The molecule has 0 spiro atoms. The van der Waals surface area contributed by atoms with Gasteiger partial charge >= 0.3 is 17.9 Å². The van der Waals surface area contributed by atoms with E-state index in [-0.39, 0.29) is 41.1 Å². The van der Waals surface area contributed by atoms with Crippen LogP contribution in [0.3, 0.4) is 0 Å². The second-order valence-electron chi connectivity index (χ2n) is 18.3. The predicted molar refractivity (Wildman–Crippen MR) is 297 cm³/mol. The fourth-order valence-electron chi connectivity index (χ4n) is 8.70. The summed E-state index contributed by atoms with van der Waals surface area (Å²) in [7, 11) is 1.06. The quantitative estimate of drug-likeness (QED) is 0.0575. The Kier molecular flexibility index (Phi) is 24.1. The second kappa shape index (κ2) is 30.1. The topological polar surface area (TPSA) is 193 Å². The molecule has 6 aromatic rings. The summed E-state index contributed by atoms with van der Waals surface area (Å²) in [6.45, 7) is 18.5. The summed E-state index contributed by atoms with van der Waals surface area (Å²) in [5, 5.41) is 25.1.